The van der Waals surface area contributed by atoms with E-state index >= 15 is 0 Å². The maximum Gasteiger partial charge on any atom is 0.227 e. The van der Waals surface area contributed by atoms with E-state index in [0.29, 0.717) is 5.82 Å². The van der Waals surface area contributed by atoms with E-state index in [0.717, 1.165) is 60.6 Å². The molecule has 3 aromatic heterocycles. The Morgan fingerprint density at radius 3 is 1.91 bits per heavy atom. The molecule has 0 aliphatic heterocycles. The molecule has 0 N–H and O–H groups in total. The van der Waals surface area contributed by atoms with Crippen LogP contribution in [0.1, 0.15) is 0 Å². The average molecular weight is 482 g/mol. The van der Waals surface area contributed by atoms with Crippen LogP contribution in [0.3, 0.4) is 0 Å². The summed E-state index contributed by atoms with van der Waals surface area (Å²) in [6, 6.07) is 26.1. The van der Waals surface area contributed by atoms with Gasteiger partial charge in [0.2, 0.25) is 10.6 Å². The zero-order valence-electron chi connectivity index (χ0n) is 17.4. The van der Waals surface area contributed by atoms with Crippen molar-refractivity contribution in [2.24, 2.45) is 0 Å². The number of para-hydroxylation sites is 1. The summed E-state index contributed by atoms with van der Waals surface area (Å²) < 4.78 is 12.2. The molecule has 0 saturated carbocycles. The highest BCUT2D eigenvalue weighted by atomic mass is 35.5. The summed E-state index contributed by atoms with van der Waals surface area (Å²) >= 11 is 12.1. The van der Waals surface area contributed by atoms with Crippen LogP contribution >= 0.6 is 23.2 Å². The number of fused-ring (bicyclic) bond motifs is 6. The SMILES string of the molecule is Clc1nc(Cl)nc(-c2cccc3oc4ccc(-c5cccc6oc7ccccc7c56)cc4c23)n1. The zero-order chi connectivity index (χ0) is 22.8. The molecule has 0 spiro atoms. The Kier molecular flexibility index (Phi) is 4.19. The number of nitrogens with zero attached hydrogens (tertiary/aromatic N) is 3. The van der Waals surface area contributed by atoms with Gasteiger partial charge >= 0.3 is 0 Å². The van der Waals surface area contributed by atoms with Crippen LogP contribution in [-0.2, 0) is 0 Å². The van der Waals surface area contributed by atoms with Crippen molar-refractivity contribution in [3.8, 4) is 22.5 Å². The number of aromatic nitrogens is 3. The highest BCUT2D eigenvalue weighted by Gasteiger charge is 2.18. The number of furan rings is 2. The van der Waals surface area contributed by atoms with Gasteiger partial charge in [0, 0.05) is 27.1 Å². The Balaban J connectivity index is 1.53. The van der Waals surface area contributed by atoms with Gasteiger partial charge < -0.3 is 8.83 Å². The molecule has 7 heteroatoms. The Morgan fingerprint density at radius 1 is 0.529 bits per heavy atom. The van der Waals surface area contributed by atoms with Gasteiger partial charge in [0.25, 0.3) is 0 Å². The van der Waals surface area contributed by atoms with Crippen molar-refractivity contribution in [1.29, 1.82) is 0 Å². The lowest BCUT2D eigenvalue weighted by Gasteiger charge is -2.05. The summed E-state index contributed by atoms with van der Waals surface area (Å²) in [5, 5.41) is 4.09. The van der Waals surface area contributed by atoms with Crippen LogP contribution in [0.15, 0.2) is 87.7 Å². The predicted molar refractivity (Wildman–Crippen MR) is 135 cm³/mol. The van der Waals surface area contributed by atoms with Crippen LogP contribution in [0, 0.1) is 0 Å². The van der Waals surface area contributed by atoms with E-state index in [4.69, 9.17) is 32.0 Å². The van der Waals surface area contributed by atoms with Gasteiger partial charge in [-0.05, 0) is 64.7 Å². The molecule has 0 atom stereocenters. The summed E-state index contributed by atoms with van der Waals surface area (Å²) in [4.78, 5) is 12.5. The molecule has 162 valence electrons. The van der Waals surface area contributed by atoms with Crippen molar-refractivity contribution >= 4 is 67.1 Å². The van der Waals surface area contributed by atoms with E-state index < -0.39 is 0 Å². The van der Waals surface area contributed by atoms with Gasteiger partial charge in [-0.25, -0.2) is 0 Å². The largest absolute Gasteiger partial charge is 0.456 e. The number of halogens is 2. The molecule has 7 aromatic rings. The number of rotatable bonds is 2. The summed E-state index contributed by atoms with van der Waals surface area (Å²) in [6.45, 7) is 0. The molecule has 7 rings (SSSR count). The number of benzene rings is 4. The van der Waals surface area contributed by atoms with E-state index in [9.17, 15) is 0 Å². The first-order chi connectivity index (χ1) is 16.7. The molecule has 0 fully saturated rings. The van der Waals surface area contributed by atoms with Crippen molar-refractivity contribution < 1.29 is 8.83 Å². The highest BCUT2D eigenvalue weighted by Crippen LogP contribution is 2.41. The standard InChI is InChI=1S/C27H13Cl2N3O2/c28-26-30-25(31-27(29)32-26)17-7-4-10-22-24(17)18-13-14(11-12-20(18)34-22)15-6-3-9-21-23(15)16-5-1-2-8-19(16)33-21/h1-13H. The summed E-state index contributed by atoms with van der Waals surface area (Å²) in [7, 11) is 0. The Morgan fingerprint density at radius 2 is 1.15 bits per heavy atom. The van der Waals surface area contributed by atoms with Gasteiger partial charge in [0.15, 0.2) is 5.82 Å². The first-order valence-electron chi connectivity index (χ1n) is 10.6. The third-order valence-corrected chi connectivity index (χ3v) is 6.37. The first-order valence-corrected chi connectivity index (χ1v) is 11.3. The molecular weight excluding hydrogens is 469 g/mol. The average Bonchev–Trinajstić information content (AvgIpc) is 3.41. The molecule has 0 bridgehead atoms. The summed E-state index contributed by atoms with van der Waals surface area (Å²) in [6.07, 6.45) is 0. The molecule has 0 aliphatic carbocycles. The molecule has 0 radical (unpaired) electrons. The minimum Gasteiger partial charge on any atom is -0.456 e. The fraction of sp³-hybridized carbons (Fsp3) is 0. The van der Waals surface area contributed by atoms with Crippen molar-refractivity contribution in [3.63, 3.8) is 0 Å². The van der Waals surface area contributed by atoms with Gasteiger partial charge in [-0.15, -0.1) is 0 Å². The van der Waals surface area contributed by atoms with E-state index in [-0.39, 0.29) is 10.6 Å². The normalized spacial score (nSPS) is 11.8. The summed E-state index contributed by atoms with van der Waals surface area (Å²) in [5.74, 6) is 0.395. The minimum atomic E-state index is 0.0407. The monoisotopic (exact) mass is 481 g/mol. The third kappa shape index (κ3) is 2.91. The second-order valence-corrected chi connectivity index (χ2v) is 8.64. The van der Waals surface area contributed by atoms with Gasteiger partial charge in [-0.1, -0.05) is 48.5 Å². The van der Waals surface area contributed by atoms with Crippen molar-refractivity contribution in [1.82, 2.24) is 15.0 Å². The quantitative estimate of drug-likeness (QED) is 0.248. The molecule has 0 amide bonds. The van der Waals surface area contributed by atoms with E-state index in [2.05, 4.69) is 39.2 Å². The van der Waals surface area contributed by atoms with Crippen molar-refractivity contribution in [2.75, 3.05) is 0 Å². The summed E-state index contributed by atoms with van der Waals surface area (Å²) in [5.41, 5.74) is 6.12. The van der Waals surface area contributed by atoms with E-state index in [1.54, 1.807) is 0 Å². The lowest BCUT2D eigenvalue weighted by atomic mass is 9.97. The Labute approximate surface area is 202 Å². The molecule has 0 aliphatic rings. The zero-order valence-corrected chi connectivity index (χ0v) is 18.9. The molecule has 0 unspecified atom stereocenters. The first kappa shape index (κ1) is 19.5. The minimum absolute atomic E-state index is 0.0407. The lowest BCUT2D eigenvalue weighted by Crippen LogP contribution is -1.94. The van der Waals surface area contributed by atoms with Gasteiger partial charge in [-0.3, -0.25) is 0 Å². The highest BCUT2D eigenvalue weighted by molar-refractivity contribution is 6.31. The topological polar surface area (TPSA) is 65.0 Å². The molecule has 34 heavy (non-hydrogen) atoms. The maximum atomic E-state index is 6.15. The Bertz CT molecular complexity index is 1890. The molecule has 0 saturated heterocycles. The molecule has 4 aromatic carbocycles. The van der Waals surface area contributed by atoms with Crippen LogP contribution in [0.2, 0.25) is 10.6 Å². The second kappa shape index (κ2) is 7.29. The predicted octanol–water partition coefficient (Wildman–Crippen LogP) is 8.31. The van der Waals surface area contributed by atoms with Crippen molar-refractivity contribution in [2.45, 2.75) is 0 Å². The van der Waals surface area contributed by atoms with Gasteiger partial charge in [0.05, 0.1) is 0 Å². The van der Waals surface area contributed by atoms with Crippen LogP contribution in [0.25, 0.3) is 66.4 Å². The van der Waals surface area contributed by atoms with Crippen LogP contribution in [-0.4, -0.2) is 15.0 Å². The van der Waals surface area contributed by atoms with Crippen molar-refractivity contribution in [3.05, 3.63) is 89.4 Å². The fourth-order valence-electron chi connectivity index (χ4n) is 4.64. The van der Waals surface area contributed by atoms with E-state index in [1.165, 1.54) is 0 Å². The second-order valence-electron chi connectivity index (χ2n) is 7.97. The van der Waals surface area contributed by atoms with E-state index in [1.807, 2.05) is 54.6 Å². The molecule has 3 heterocycles. The van der Waals surface area contributed by atoms with Crippen LogP contribution < -0.4 is 0 Å². The smallest absolute Gasteiger partial charge is 0.227 e. The van der Waals surface area contributed by atoms with Crippen LogP contribution in [0.4, 0.5) is 0 Å². The van der Waals surface area contributed by atoms with Crippen LogP contribution in [0.5, 0.6) is 0 Å². The number of hydrogen-bond donors (Lipinski definition) is 0. The molecular formula is C27H13Cl2N3O2. The van der Waals surface area contributed by atoms with Gasteiger partial charge in [-0.2, -0.15) is 15.0 Å². The third-order valence-electron chi connectivity index (χ3n) is 6.03. The maximum absolute atomic E-state index is 6.15. The number of hydrogen-bond acceptors (Lipinski definition) is 5. The molecule has 5 nitrogen and oxygen atoms in total. The lowest BCUT2D eigenvalue weighted by molar-refractivity contribution is 0.669. The Hall–Kier alpha value is -3.93. The van der Waals surface area contributed by atoms with Gasteiger partial charge in [0.1, 0.15) is 22.3 Å². The fourth-order valence-corrected chi connectivity index (χ4v) is 5.01.